The second kappa shape index (κ2) is 6.22. The Morgan fingerprint density at radius 1 is 1.26 bits per heavy atom. The molecule has 0 atom stereocenters. The summed E-state index contributed by atoms with van der Waals surface area (Å²) in [6.07, 6.45) is 3.55. The smallest absolute Gasteiger partial charge is 0.155 e. The van der Waals surface area contributed by atoms with E-state index in [0.717, 1.165) is 36.9 Å². The molecule has 0 spiro atoms. The van der Waals surface area contributed by atoms with E-state index in [1.165, 1.54) is 0 Å². The standard InChI is InChI=1S/C14H14Cl2N2O/c1-2-3-4-13-12(9-19)14(16)18(17-13)11-7-5-10(15)6-8-11/h5-9H,2-4H2,1H3. The first-order chi connectivity index (χ1) is 9.17. The van der Waals surface area contributed by atoms with E-state index >= 15 is 0 Å². The summed E-state index contributed by atoms with van der Waals surface area (Å²) < 4.78 is 1.58. The lowest BCUT2D eigenvalue weighted by Gasteiger charge is -2.02. The number of benzene rings is 1. The average Bonchev–Trinajstić information content (AvgIpc) is 2.73. The second-order valence-corrected chi connectivity index (χ2v) is 5.06. The normalized spacial score (nSPS) is 10.7. The zero-order chi connectivity index (χ0) is 13.8. The summed E-state index contributed by atoms with van der Waals surface area (Å²) in [5, 5.41) is 5.43. The van der Waals surface area contributed by atoms with Crippen molar-refractivity contribution >= 4 is 29.5 Å². The van der Waals surface area contributed by atoms with Gasteiger partial charge in [0.1, 0.15) is 5.15 Å². The largest absolute Gasteiger partial charge is 0.298 e. The molecule has 0 saturated heterocycles. The van der Waals surface area contributed by atoms with Crippen molar-refractivity contribution in [3.63, 3.8) is 0 Å². The molecular formula is C14H14Cl2N2O. The lowest BCUT2D eigenvalue weighted by atomic mass is 10.1. The maximum Gasteiger partial charge on any atom is 0.155 e. The highest BCUT2D eigenvalue weighted by atomic mass is 35.5. The first-order valence-electron chi connectivity index (χ1n) is 6.16. The third kappa shape index (κ3) is 2.99. The third-order valence-corrected chi connectivity index (χ3v) is 3.51. The molecule has 0 amide bonds. The number of aryl methyl sites for hydroxylation is 1. The number of hydrogen-bond acceptors (Lipinski definition) is 2. The van der Waals surface area contributed by atoms with Crippen LogP contribution in [0.4, 0.5) is 0 Å². The Labute approximate surface area is 122 Å². The van der Waals surface area contributed by atoms with Crippen LogP contribution in [-0.4, -0.2) is 16.1 Å². The molecule has 1 heterocycles. The number of halogens is 2. The van der Waals surface area contributed by atoms with Crippen LogP contribution < -0.4 is 0 Å². The summed E-state index contributed by atoms with van der Waals surface area (Å²) in [6.45, 7) is 2.10. The number of nitrogens with zero attached hydrogens (tertiary/aromatic N) is 2. The van der Waals surface area contributed by atoms with Gasteiger partial charge in [0.05, 0.1) is 16.9 Å². The first-order valence-corrected chi connectivity index (χ1v) is 6.91. The van der Waals surface area contributed by atoms with Crippen LogP contribution >= 0.6 is 23.2 Å². The van der Waals surface area contributed by atoms with E-state index in [2.05, 4.69) is 12.0 Å². The van der Waals surface area contributed by atoms with Crippen LogP contribution in [-0.2, 0) is 6.42 Å². The summed E-state index contributed by atoms with van der Waals surface area (Å²) in [6, 6.07) is 7.17. The van der Waals surface area contributed by atoms with Crippen LogP contribution in [0.3, 0.4) is 0 Å². The van der Waals surface area contributed by atoms with E-state index < -0.39 is 0 Å². The van der Waals surface area contributed by atoms with Gasteiger partial charge in [-0.15, -0.1) is 0 Å². The Hall–Kier alpha value is -1.32. The quantitative estimate of drug-likeness (QED) is 0.770. The van der Waals surface area contributed by atoms with E-state index in [0.29, 0.717) is 15.7 Å². The summed E-state index contributed by atoms with van der Waals surface area (Å²) in [5.74, 6) is 0. The van der Waals surface area contributed by atoms with Crippen molar-refractivity contribution in [3.8, 4) is 5.69 Å². The number of aldehydes is 1. The minimum absolute atomic E-state index is 0.350. The number of hydrogen-bond donors (Lipinski definition) is 0. The molecule has 2 rings (SSSR count). The van der Waals surface area contributed by atoms with Gasteiger partial charge in [-0.2, -0.15) is 5.10 Å². The van der Waals surface area contributed by atoms with Gasteiger partial charge in [-0.05, 0) is 37.1 Å². The maximum absolute atomic E-state index is 11.2. The van der Waals surface area contributed by atoms with E-state index in [1.807, 2.05) is 12.1 Å². The fraction of sp³-hybridized carbons (Fsp3) is 0.286. The number of carbonyl (C=O) groups excluding carboxylic acids is 1. The lowest BCUT2D eigenvalue weighted by molar-refractivity contribution is 0.112. The molecule has 3 nitrogen and oxygen atoms in total. The molecule has 0 saturated carbocycles. The molecule has 2 aromatic rings. The van der Waals surface area contributed by atoms with Gasteiger partial charge in [0, 0.05) is 5.02 Å². The molecule has 1 aromatic heterocycles. The molecule has 19 heavy (non-hydrogen) atoms. The number of aromatic nitrogens is 2. The van der Waals surface area contributed by atoms with Gasteiger partial charge in [0.15, 0.2) is 6.29 Å². The number of rotatable bonds is 5. The van der Waals surface area contributed by atoms with Crippen LogP contribution in [0.15, 0.2) is 24.3 Å². The van der Waals surface area contributed by atoms with Crippen LogP contribution in [0, 0.1) is 0 Å². The average molecular weight is 297 g/mol. The van der Waals surface area contributed by atoms with Gasteiger partial charge in [0.25, 0.3) is 0 Å². The minimum atomic E-state index is 0.350. The van der Waals surface area contributed by atoms with E-state index in [1.54, 1.807) is 16.8 Å². The molecule has 0 aliphatic heterocycles. The molecule has 0 bridgehead atoms. The molecule has 5 heteroatoms. The van der Waals surface area contributed by atoms with Crippen molar-refractivity contribution < 1.29 is 4.79 Å². The fourth-order valence-corrected chi connectivity index (χ4v) is 2.27. The molecule has 0 unspecified atom stereocenters. The Balaban J connectivity index is 2.43. The predicted molar refractivity (Wildman–Crippen MR) is 77.6 cm³/mol. The first kappa shape index (κ1) is 14.1. The van der Waals surface area contributed by atoms with Gasteiger partial charge in [-0.25, -0.2) is 4.68 Å². The maximum atomic E-state index is 11.2. The van der Waals surface area contributed by atoms with Crippen LogP contribution in [0.5, 0.6) is 0 Å². The van der Waals surface area contributed by atoms with Gasteiger partial charge in [-0.3, -0.25) is 4.79 Å². The van der Waals surface area contributed by atoms with Crippen LogP contribution in [0.2, 0.25) is 10.2 Å². The van der Waals surface area contributed by atoms with Crippen LogP contribution in [0.25, 0.3) is 5.69 Å². The number of carbonyl (C=O) groups is 1. The molecule has 0 N–H and O–H groups in total. The van der Waals surface area contributed by atoms with Gasteiger partial charge < -0.3 is 0 Å². The van der Waals surface area contributed by atoms with Crippen molar-refractivity contribution in [2.45, 2.75) is 26.2 Å². The molecule has 0 fully saturated rings. The zero-order valence-electron chi connectivity index (χ0n) is 10.6. The summed E-state index contributed by atoms with van der Waals surface area (Å²) >= 11 is 12.1. The third-order valence-electron chi connectivity index (χ3n) is 2.90. The highest BCUT2D eigenvalue weighted by molar-refractivity contribution is 6.32. The van der Waals surface area contributed by atoms with Gasteiger partial charge >= 0.3 is 0 Å². The summed E-state index contributed by atoms with van der Waals surface area (Å²) in [7, 11) is 0. The molecular weight excluding hydrogens is 283 g/mol. The Bertz CT molecular complexity index is 576. The van der Waals surface area contributed by atoms with Crippen molar-refractivity contribution in [1.82, 2.24) is 9.78 Å². The highest BCUT2D eigenvalue weighted by Crippen LogP contribution is 2.24. The molecule has 100 valence electrons. The fourth-order valence-electron chi connectivity index (χ4n) is 1.85. The van der Waals surface area contributed by atoms with E-state index in [-0.39, 0.29) is 0 Å². The predicted octanol–water partition coefficient (Wildman–Crippen LogP) is 4.33. The lowest BCUT2D eigenvalue weighted by Crippen LogP contribution is -1.97. The van der Waals surface area contributed by atoms with E-state index in [4.69, 9.17) is 23.2 Å². The molecule has 1 aromatic carbocycles. The van der Waals surface area contributed by atoms with E-state index in [9.17, 15) is 4.79 Å². The topological polar surface area (TPSA) is 34.9 Å². The molecule has 0 aliphatic carbocycles. The molecule has 0 aliphatic rings. The van der Waals surface area contributed by atoms with Crippen molar-refractivity contribution in [2.75, 3.05) is 0 Å². The monoisotopic (exact) mass is 296 g/mol. The van der Waals surface area contributed by atoms with Crippen molar-refractivity contribution in [3.05, 3.63) is 45.7 Å². The Morgan fingerprint density at radius 3 is 2.53 bits per heavy atom. The van der Waals surface area contributed by atoms with Crippen LogP contribution in [0.1, 0.15) is 35.8 Å². The van der Waals surface area contributed by atoms with Gasteiger partial charge in [0.2, 0.25) is 0 Å². The minimum Gasteiger partial charge on any atom is -0.298 e. The molecule has 0 radical (unpaired) electrons. The Kier molecular flexibility index (Phi) is 4.61. The summed E-state index contributed by atoms with van der Waals surface area (Å²) in [5.41, 5.74) is 2.02. The Morgan fingerprint density at radius 2 is 1.95 bits per heavy atom. The zero-order valence-corrected chi connectivity index (χ0v) is 12.1. The second-order valence-electron chi connectivity index (χ2n) is 4.26. The summed E-state index contributed by atoms with van der Waals surface area (Å²) in [4.78, 5) is 11.2. The SMILES string of the molecule is CCCCc1nn(-c2ccc(Cl)cc2)c(Cl)c1C=O. The number of unbranched alkanes of at least 4 members (excludes halogenated alkanes) is 1. The van der Waals surface area contributed by atoms with Crippen molar-refractivity contribution in [2.24, 2.45) is 0 Å². The van der Waals surface area contributed by atoms with Gasteiger partial charge in [-0.1, -0.05) is 36.5 Å². The van der Waals surface area contributed by atoms with Crippen molar-refractivity contribution in [1.29, 1.82) is 0 Å². The highest BCUT2D eigenvalue weighted by Gasteiger charge is 2.16.